The van der Waals surface area contributed by atoms with Crippen molar-refractivity contribution >= 4 is 29.3 Å². The van der Waals surface area contributed by atoms with Crippen LogP contribution in [0.15, 0.2) is 46.2 Å². The first-order valence-corrected chi connectivity index (χ1v) is 7.03. The third kappa shape index (κ3) is 4.01. The minimum Gasteiger partial charge on any atom is -0.467 e. The fourth-order valence-corrected chi connectivity index (χ4v) is 2.55. The minimum atomic E-state index is 0.00289. The summed E-state index contributed by atoms with van der Waals surface area (Å²) in [6, 6.07) is 7.16. The van der Waals surface area contributed by atoms with Crippen molar-refractivity contribution in [2.75, 3.05) is 12.8 Å². The molecule has 0 aliphatic rings. The molecular formula is C13H13ClN2O2S. The Balaban J connectivity index is 1.86. The average Bonchev–Trinajstić information content (AvgIpc) is 2.90. The Morgan fingerprint density at radius 1 is 1.47 bits per heavy atom. The predicted molar refractivity (Wildman–Crippen MR) is 75.2 cm³/mol. The summed E-state index contributed by atoms with van der Waals surface area (Å²) in [5.41, 5.74) is 0. The van der Waals surface area contributed by atoms with Crippen LogP contribution >= 0.6 is 23.4 Å². The van der Waals surface area contributed by atoms with E-state index in [1.807, 2.05) is 6.07 Å². The van der Waals surface area contributed by atoms with Crippen LogP contribution in [0.3, 0.4) is 0 Å². The first-order chi connectivity index (χ1) is 9.16. The number of carbonyl (C=O) groups excluding carboxylic acids is 1. The van der Waals surface area contributed by atoms with Crippen LogP contribution in [0, 0.1) is 0 Å². The average molecular weight is 297 g/mol. The first-order valence-electron chi connectivity index (χ1n) is 5.66. The van der Waals surface area contributed by atoms with Crippen LogP contribution < -0.4 is 0 Å². The van der Waals surface area contributed by atoms with E-state index in [9.17, 15) is 4.79 Å². The van der Waals surface area contributed by atoms with Crippen molar-refractivity contribution in [2.45, 2.75) is 11.6 Å². The molecule has 100 valence electrons. The predicted octanol–water partition coefficient (Wildman–Crippen LogP) is 3.08. The van der Waals surface area contributed by atoms with Gasteiger partial charge in [0.2, 0.25) is 5.91 Å². The van der Waals surface area contributed by atoms with Crippen LogP contribution in [0.1, 0.15) is 5.76 Å². The van der Waals surface area contributed by atoms with Gasteiger partial charge in [0, 0.05) is 13.2 Å². The van der Waals surface area contributed by atoms with Gasteiger partial charge in [0.25, 0.3) is 0 Å². The Morgan fingerprint density at radius 3 is 3.00 bits per heavy atom. The second-order valence-corrected chi connectivity index (χ2v) is 5.28. The highest BCUT2D eigenvalue weighted by molar-refractivity contribution is 8.00. The molecular weight excluding hydrogens is 284 g/mol. The lowest BCUT2D eigenvalue weighted by atomic mass is 10.4. The molecule has 0 atom stereocenters. The van der Waals surface area contributed by atoms with Gasteiger partial charge < -0.3 is 9.32 Å². The molecule has 1 amide bonds. The summed E-state index contributed by atoms with van der Waals surface area (Å²) in [7, 11) is 1.74. The molecule has 0 bridgehead atoms. The summed E-state index contributed by atoms with van der Waals surface area (Å²) in [5.74, 6) is 1.06. The van der Waals surface area contributed by atoms with Crippen LogP contribution in [0.2, 0.25) is 5.02 Å². The van der Waals surface area contributed by atoms with E-state index >= 15 is 0 Å². The van der Waals surface area contributed by atoms with E-state index in [4.69, 9.17) is 16.0 Å². The van der Waals surface area contributed by atoms with Crippen molar-refractivity contribution in [3.05, 3.63) is 47.5 Å². The summed E-state index contributed by atoms with van der Waals surface area (Å²) in [5, 5.41) is 1.23. The molecule has 0 spiro atoms. The molecule has 4 nitrogen and oxygen atoms in total. The number of hydrogen-bond donors (Lipinski definition) is 0. The highest BCUT2D eigenvalue weighted by Crippen LogP contribution is 2.24. The molecule has 0 radical (unpaired) electrons. The van der Waals surface area contributed by atoms with Crippen molar-refractivity contribution in [1.82, 2.24) is 9.88 Å². The zero-order chi connectivity index (χ0) is 13.7. The number of hydrogen-bond acceptors (Lipinski definition) is 4. The number of aromatic nitrogens is 1. The summed E-state index contributed by atoms with van der Waals surface area (Å²) in [6.07, 6.45) is 3.25. The summed E-state index contributed by atoms with van der Waals surface area (Å²) in [6.45, 7) is 0.461. The number of carbonyl (C=O) groups is 1. The van der Waals surface area contributed by atoms with E-state index in [0.29, 0.717) is 22.3 Å². The third-order valence-electron chi connectivity index (χ3n) is 2.46. The second kappa shape index (κ2) is 6.63. The van der Waals surface area contributed by atoms with Crippen molar-refractivity contribution in [3.63, 3.8) is 0 Å². The van der Waals surface area contributed by atoms with E-state index in [1.54, 1.807) is 42.6 Å². The molecule has 2 heterocycles. The number of amides is 1. The van der Waals surface area contributed by atoms with Gasteiger partial charge in [-0.15, -0.1) is 0 Å². The maximum absolute atomic E-state index is 11.9. The van der Waals surface area contributed by atoms with E-state index in [0.717, 1.165) is 5.76 Å². The highest BCUT2D eigenvalue weighted by atomic mass is 35.5. The Bertz CT molecular complexity index is 545. The Labute approximate surface area is 120 Å². The quantitative estimate of drug-likeness (QED) is 0.796. The smallest absolute Gasteiger partial charge is 0.233 e. The lowest BCUT2D eigenvalue weighted by Crippen LogP contribution is -2.27. The van der Waals surface area contributed by atoms with Gasteiger partial charge in [0.05, 0.1) is 23.6 Å². The Hall–Kier alpha value is -1.46. The zero-order valence-corrected chi connectivity index (χ0v) is 11.9. The second-order valence-electron chi connectivity index (χ2n) is 3.91. The molecule has 0 aliphatic carbocycles. The topological polar surface area (TPSA) is 46.3 Å². The standard InChI is InChI=1S/C13H13ClN2O2S/c1-16(8-10-4-3-7-18-10)12(17)9-19-13-11(14)5-2-6-15-13/h2-7H,8-9H2,1H3. The van der Waals surface area contributed by atoms with Gasteiger partial charge in [-0.3, -0.25) is 4.79 Å². The fourth-order valence-electron chi connectivity index (χ4n) is 1.44. The zero-order valence-electron chi connectivity index (χ0n) is 10.4. The molecule has 0 aromatic carbocycles. The minimum absolute atomic E-state index is 0.00289. The fraction of sp³-hybridized carbons (Fsp3) is 0.231. The molecule has 0 saturated heterocycles. The number of furan rings is 1. The van der Waals surface area contributed by atoms with Gasteiger partial charge in [0.1, 0.15) is 10.8 Å². The lowest BCUT2D eigenvalue weighted by molar-refractivity contribution is -0.127. The number of nitrogens with zero attached hydrogens (tertiary/aromatic N) is 2. The molecule has 19 heavy (non-hydrogen) atoms. The van der Waals surface area contributed by atoms with Crippen molar-refractivity contribution in [2.24, 2.45) is 0 Å². The molecule has 0 unspecified atom stereocenters. The lowest BCUT2D eigenvalue weighted by Gasteiger charge is -2.15. The van der Waals surface area contributed by atoms with Gasteiger partial charge in [-0.05, 0) is 24.3 Å². The first kappa shape index (κ1) is 14.0. The molecule has 2 rings (SSSR count). The van der Waals surface area contributed by atoms with Crippen LogP contribution in [0.4, 0.5) is 0 Å². The van der Waals surface area contributed by atoms with E-state index in [2.05, 4.69) is 4.98 Å². The van der Waals surface area contributed by atoms with Crippen LogP contribution in [0.5, 0.6) is 0 Å². The van der Waals surface area contributed by atoms with Crippen LogP contribution in [-0.4, -0.2) is 28.6 Å². The van der Waals surface area contributed by atoms with Gasteiger partial charge in [-0.2, -0.15) is 0 Å². The third-order valence-corrected chi connectivity index (χ3v) is 3.86. The van der Waals surface area contributed by atoms with Gasteiger partial charge in [-0.25, -0.2) is 4.98 Å². The highest BCUT2D eigenvalue weighted by Gasteiger charge is 2.12. The van der Waals surface area contributed by atoms with E-state index in [-0.39, 0.29) is 5.91 Å². The Morgan fingerprint density at radius 2 is 2.32 bits per heavy atom. The maximum Gasteiger partial charge on any atom is 0.233 e. The Kier molecular flexibility index (Phi) is 4.87. The molecule has 0 fully saturated rings. The molecule has 0 N–H and O–H groups in total. The summed E-state index contributed by atoms with van der Waals surface area (Å²) < 4.78 is 5.20. The van der Waals surface area contributed by atoms with Crippen LogP contribution in [-0.2, 0) is 11.3 Å². The monoisotopic (exact) mass is 296 g/mol. The molecule has 6 heteroatoms. The summed E-state index contributed by atoms with van der Waals surface area (Å²) in [4.78, 5) is 17.7. The molecule has 2 aromatic rings. The van der Waals surface area contributed by atoms with Crippen molar-refractivity contribution < 1.29 is 9.21 Å². The number of thioether (sulfide) groups is 1. The van der Waals surface area contributed by atoms with Gasteiger partial charge >= 0.3 is 0 Å². The van der Waals surface area contributed by atoms with Crippen molar-refractivity contribution in [3.8, 4) is 0 Å². The number of pyridine rings is 1. The van der Waals surface area contributed by atoms with Gasteiger partial charge in [0.15, 0.2) is 0 Å². The maximum atomic E-state index is 11.9. The van der Waals surface area contributed by atoms with E-state index < -0.39 is 0 Å². The molecule has 0 aliphatic heterocycles. The van der Waals surface area contributed by atoms with E-state index in [1.165, 1.54) is 11.8 Å². The SMILES string of the molecule is CN(Cc1ccco1)C(=O)CSc1ncccc1Cl. The van der Waals surface area contributed by atoms with Crippen molar-refractivity contribution in [1.29, 1.82) is 0 Å². The van der Waals surface area contributed by atoms with Crippen LogP contribution in [0.25, 0.3) is 0 Å². The largest absolute Gasteiger partial charge is 0.467 e. The normalized spacial score (nSPS) is 10.4. The number of rotatable bonds is 5. The molecule has 0 saturated carbocycles. The molecule has 2 aromatic heterocycles. The van der Waals surface area contributed by atoms with Gasteiger partial charge in [-0.1, -0.05) is 23.4 Å². The summed E-state index contributed by atoms with van der Waals surface area (Å²) >= 11 is 7.31. The number of halogens is 1.